The molecule has 0 spiro atoms. The number of aromatic nitrogens is 5. The van der Waals surface area contributed by atoms with Crippen LogP contribution in [0.2, 0.25) is 0 Å². The molecule has 4 rings (SSSR count). The number of aryl methyl sites for hydroxylation is 4. The van der Waals surface area contributed by atoms with Crippen LogP contribution < -0.4 is 5.56 Å². The van der Waals surface area contributed by atoms with Crippen molar-refractivity contribution in [3.05, 3.63) is 51.2 Å². The third kappa shape index (κ3) is 4.27. The van der Waals surface area contributed by atoms with Crippen LogP contribution in [-0.2, 0) is 24.0 Å². The van der Waals surface area contributed by atoms with Gasteiger partial charge in [-0.05, 0) is 70.2 Å². The summed E-state index contributed by atoms with van der Waals surface area (Å²) in [4.78, 5) is 28.0. The molecule has 0 bridgehead atoms. The van der Waals surface area contributed by atoms with Crippen molar-refractivity contribution < 1.29 is 4.74 Å². The summed E-state index contributed by atoms with van der Waals surface area (Å²) in [6, 6.07) is 4.57. The third-order valence-electron chi connectivity index (χ3n) is 6.78. The van der Waals surface area contributed by atoms with Crippen LogP contribution >= 0.6 is 0 Å². The number of hydrogen-bond donors (Lipinski definition) is 0. The molecule has 7 nitrogen and oxygen atoms in total. The third-order valence-corrected chi connectivity index (χ3v) is 6.78. The Labute approximate surface area is 207 Å². The highest BCUT2D eigenvalue weighted by Gasteiger charge is 2.21. The SMILES string of the molecule is CCc1cc2c(nc1-c1cc3nc(CC)c(=O)n(C(C)C)c3nc1CC)c(C)cn2[C@@H](C)COC. The molecule has 0 amide bonds. The van der Waals surface area contributed by atoms with Crippen molar-refractivity contribution in [1.29, 1.82) is 0 Å². The lowest BCUT2D eigenvalue weighted by Crippen LogP contribution is -2.27. The second-order valence-electron chi connectivity index (χ2n) is 9.60. The Bertz CT molecular complexity index is 1450. The Kier molecular flexibility index (Phi) is 7.08. The zero-order chi connectivity index (χ0) is 25.4. The Morgan fingerprint density at radius 3 is 2.29 bits per heavy atom. The van der Waals surface area contributed by atoms with Gasteiger partial charge in [-0.25, -0.2) is 15.0 Å². The van der Waals surface area contributed by atoms with Gasteiger partial charge in [0.1, 0.15) is 11.2 Å². The number of hydrogen-bond acceptors (Lipinski definition) is 5. The van der Waals surface area contributed by atoms with E-state index < -0.39 is 0 Å². The molecule has 0 fully saturated rings. The fraction of sp³-hybridized carbons (Fsp3) is 0.500. The van der Waals surface area contributed by atoms with E-state index in [-0.39, 0.29) is 17.6 Å². The number of pyridine rings is 2. The predicted molar refractivity (Wildman–Crippen MR) is 142 cm³/mol. The molecule has 4 aromatic heterocycles. The zero-order valence-electron chi connectivity index (χ0n) is 22.3. The Hall–Kier alpha value is -3.06. The summed E-state index contributed by atoms with van der Waals surface area (Å²) in [5.74, 6) is 0. The smallest absolute Gasteiger partial charge is 0.274 e. The van der Waals surface area contributed by atoms with Crippen LogP contribution in [-0.4, -0.2) is 37.8 Å². The Morgan fingerprint density at radius 2 is 1.69 bits per heavy atom. The van der Waals surface area contributed by atoms with E-state index in [4.69, 9.17) is 19.7 Å². The Morgan fingerprint density at radius 1 is 0.971 bits per heavy atom. The summed E-state index contributed by atoms with van der Waals surface area (Å²) < 4.78 is 9.45. The minimum absolute atomic E-state index is 0.00135. The maximum atomic E-state index is 13.0. The van der Waals surface area contributed by atoms with E-state index in [1.165, 1.54) is 5.56 Å². The van der Waals surface area contributed by atoms with Crippen LogP contribution in [0.15, 0.2) is 23.1 Å². The topological polar surface area (TPSA) is 74.8 Å². The highest BCUT2D eigenvalue weighted by molar-refractivity contribution is 5.87. The minimum atomic E-state index is -0.0479. The quantitative estimate of drug-likeness (QED) is 0.332. The van der Waals surface area contributed by atoms with Gasteiger partial charge < -0.3 is 9.30 Å². The summed E-state index contributed by atoms with van der Waals surface area (Å²) >= 11 is 0. The number of rotatable bonds is 8. The number of ether oxygens (including phenoxy) is 1. The van der Waals surface area contributed by atoms with Gasteiger partial charge in [-0.2, -0.15) is 0 Å². The van der Waals surface area contributed by atoms with E-state index in [2.05, 4.69) is 50.6 Å². The van der Waals surface area contributed by atoms with Crippen LogP contribution in [0.1, 0.15) is 76.1 Å². The van der Waals surface area contributed by atoms with E-state index >= 15 is 0 Å². The van der Waals surface area contributed by atoms with Gasteiger partial charge >= 0.3 is 0 Å². The number of nitrogens with zero attached hydrogens (tertiary/aromatic N) is 5. The van der Waals surface area contributed by atoms with Gasteiger partial charge in [-0.15, -0.1) is 0 Å². The first kappa shape index (κ1) is 25.0. The summed E-state index contributed by atoms with van der Waals surface area (Å²) in [5, 5.41) is 0. The van der Waals surface area contributed by atoms with E-state index in [1.54, 1.807) is 11.7 Å². The highest BCUT2D eigenvalue weighted by atomic mass is 16.5. The van der Waals surface area contributed by atoms with Gasteiger partial charge in [-0.1, -0.05) is 20.8 Å². The van der Waals surface area contributed by atoms with Crippen molar-refractivity contribution in [1.82, 2.24) is 24.1 Å². The van der Waals surface area contributed by atoms with Crippen LogP contribution in [0, 0.1) is 6.92 Å². The lowest BCUT2D eigenvalue weighted by molar-refractivity contribution is 0.164. The molecule has 4 heterocycles. The summed E-state index contributed by atoms with van der Waals surface area (Å²) in [6.07, 6.45) is 4.34. The molecule has 0 aromatic carbocycles. The average Bonchev–Trinajstić information content (AvgIpc) is 3.17. The molecule has 7 heteroatoms. The fourth-order valence-corrected chi connectivity index (χ4v) is 4.96. The van der Waals surface area contributed by atoms with Crippen LogP contribution in [0.3, 0.4) is 0 Å². The van der Waals surface area contributed by atoms with Gasteiger partial charge in [0, 0.05) is 24.9 Å². The number of methoxy groups -OCH3 is 1. The van der Waals surface area contributed by atoms with Crippen molar-refractivity contribution in [2.45, 2.75) is 79.8 Å². The Balaban J connectivity index is 2.03. The lowest BCUT2D eigenvalue weighted by Gasteiger charge is -2.18. The molecule has 35 heavy (non-hydrogen) atoms. The van der Waals surface area contributed by atoms with Crippen molar-refractivity contribution in [2.24, 2.45) is 0 Å². The maximum absolute atomic E-state index is 13.0. The van der Waals surface area contributed by atoms with Crippen LogP contribution in [0.4, 0.5) is 0 Å². The van der Waals surface area contributed by atoms with Crippen LogP contribution in [0.5, 0.6) is 0 Å². The van der Waals surface area contributed by atoms with Gasteiger partial charge in [0.15, 0.2) is 5.65 Å². The average molecular weight is 476 g/mol. The molecule has 0 radical (unpaired) electrons. The number of fused-ring (bicyclic) bond motifs is 2. The summed E-state index contributed by atoms with van der Waals surface area (Å²) in [5.41, 5.74) is 9.24. The molecule has 0 aliphatic heterocycles. The molecule has 0 aliphatic rings. The van der Waals surface area contributed by atoms with Gasteiger partial charge in [-0.3, -0.25) is 9.36 Å². The molecule has 4 aromatic rings. The molecule has 0 saturated heterocycles. The summed E-state index contributed by atoms with van der Waals surface area (Å²) in [6.45, 7) is 15.2. The standard InChI is InChI=1S/C28H37N5O2/c1-9-19-12-24-25(17(6)14-32(24)18(7)15-35-8)31-26(19)20-13-23-27(30-21(20)10-2)33(16(4)5)28(34)22(11-3)29-23/h12-14,16,18H,9-11,15H2,1-8H3/t18-/m0/s1. The van der Waals surface area contributed by atoms with Gasteiger partial charge in [0.05, 0.1) is 35.1 Å². The molecule has 0 unspecified atom stereocenters. The van der Waals surface area contributed by atoms with Gasteiger partial charge in [0.2, 0.25) is 0 Å². The van der Waals surface area contributed by atoms with Gasteiger partial charge in [0.25, 0.3) is 5.56 Å². The molecular weight excluding hydrogens is 438 g/mol. The van der Waals surface area contributed by atoms with Crippen molar-refractivity contribution in [2.75, 3.05) is 13.7 Å². The predicted octanol–water partition coefficient (Wildman–Crippen LogP) is 5.59. The molecular formula is C28H37N5O2. The van der Waals surface area contributed by atoms with E-state index in [1.807, 2.05) is 20.8 Å². The van der Waals surface area contributed by atoms with Crippen molar-refractivity contribution >= 4 is 22.2 Å². The molecule has 1 atom stereocenters. The van der Waals surface area contributed by atoms with Crippen LogP contribution in [0.25, 0.3) is 33.5 Å². The first-order chi connectivity index (χ1) is 16.7. The lowest BCUT2D eigenvalue weighted by atomic mass is 10.00. The molecule has 0 aliphatic carbocycles. The fourth-order valence-electron chi connectivity index (χ4n) is 4.96. The zero-order valence-corrected chi connectivity index (χ0v) is 22.3. The van der Waals surface area contributed by atoms with Crippen molar-refractivity contribution in [3.8, 4) is 11.3 Å². The highest BCUT2D eigenvalue weighted by Crippen LogP contribution is 2.33. The first-order valence-corrected chi connectivity index (χ1v) is 12.7. The monoisotopic (exact) mass is 475 g/mol. The molecule has 0 saturated carbocycles. The second kappa shape index (κ2) is 9.90. The maximum Gasteiger partial charge on any atom is 0.274 e. The van der Waals surface area contributed by atoms with E-state index in [0.29, 0.717) is 24.4 Å². The van der Waals surface area contributed by atoms with E-state index in [0.717, 1.165) is 51.9 Å². The molecule has 186 valence electrons. The minimum Gasteiger partial charge on any atom is -0.383 e. The largest absolute Gasteiger partial charge is 0.383 e. The second-order valence-corrected chi connectivity index (χ2v) is 9.60. The van der Waals surface area contributed by atoms with Crippen molar-refractivity contribution in [3.63, 3.8) is 0 Å². The first-order valence-electron chi connectivity index (χ1n) is 12.7. The summed E-state index contributed by atoms with van der Waals surface area (Å²) in [7, 11) is 1.73. The molecule has 0 N–H and O–H groups in total. The normalized spacial score (nSPS) is 12.8. The van der Waals surface area contributed by atoms with E-state index in [9.17, 15) is 4.79 Å².